The first kappa shape index (κ1) is 26.4. The lowest BCUT2D eigenvalue weighted by Crippen LogP contribution is -2.47. The van der Waals surface area contributed by atoms with Crippen molar-refractivity contribution >= 4 is 52.4 Å². The zero-order valence-electron chi connectivity index (χ0n) is 20.3. The summed E-state index contributed by atoms with van der Waals surface area (Å²) in [6.45, 7) is 12.5. The predicted octanol–water partition coefficient (Wildman–Crippen LogP) is 1.83. The van der Waals surface area contributed by atoms with Crippen LogP contribution in [0.15, 0.2) is 12.3 Å². The maximum absolute atomic E-state index is 5.47. The summed E-state index contributed by atoms with van der Waals surface area (Å²) < 4.78 is 0. The van der Waals surface area contributed by atoms with Crippen molar-refractivity contribution < 1.29 is 0 Å². The summed E-state index contributed by atoms with van der Waals surface area (Å²) in [6.07, 6.45) is 1.35. The van der Waals surface area contributed by atoms with Crippen LogP contribution in [0.1, 0.15) is 0 Å². The summed E-state index contributed by atoms with van der Waals surface area (Å²) in [5.74, 6) is 3.09. The molecule has 2 aromatic heterocycles. The van der Waals surface area contributed by atoms with Crippen LogP contribution in [-0.4, -0.2) is 122 Å². The van der Waals surface area contributed by atoms with Gasteiger partial charge in [-0.3, -0.25) is 0 Å². The van der Waals surface area contributed by atoms with Gasteiger partial charge in [-0.15, -0.1) is 0 Å². The highest BCUT2D eigenvalue weighted by molar-refractivity contribution is 6.41. The zero-order chi connectivity index (χ0) is 24.8. The van der Waals surface area contributed by atoms with Crippen molar-refractivity contribution in [3.63, 3.8) is 0 Å². The number of anilines is 3. The Hall–Kier alpha value is -1.69. The Kier molecular flexibility index (Phi) is 9.43. The van der Waals surface area contributed by atoms with Crippen LogP contribution in [0.5, 0.6) is 0 Å². The lowest BCUT2D eigenvalue weighted by Gasteiger charge is -2.36. The molecule has 10 nitrogen and oxygen atoms in total. The van der Waals surface area contributed by atoms with Crippen molar-refractivity contribution in [2.24, 2.45) is 0 Å². The lowest BCUT2D eigenvalue weighted by molar-refractivity contribution is 0.309. The third-order valence-electron chi connectivity index (χ3n) is 6.41. The number of hydrogen-bond donors (Lipinski definition) is 1. The summed E-state index contributed by atoms with van der Waals surface area (Å²) in [5.41, 5.74) is 0. The fraction of sp³-hybridized carbons (Fsp3) is 0.636. The van der Waals surface area contributed by atoms with Crippen molar-refractivity contribution in [3.8, 4) is 0 Å². The number of aromatic nitrogens is 4. The number of nitrogens with zero attached hydrogens (tertiary/aromatic N) is 9. The number of hydrogen-bond acceptors (Lipinski definition) is 10. The van der Waals surface area contributed by atoms with E-state index in [2.05, 4.69) is 59.9 Å². The van der Waals surface area contributed by atoms with Gasteiger partial charge in [-0.05, 0) is 25.7 Å². The van der Waals surface area contributed by atoms with Crippen molar-refractivity contribution in [1.82, 2.24) is 35.1 Å². The van der Waals surface area contributed by atoms with Crippen LogP contribution in [-0.2, 0) is 0 Å². The van der Waals surface area contributed by atoms with E-state index in [0.717, 1.165) is 96.1 Å². The van der Waals surface area contributed by atoms with Gasteiger partial charge in [0, 0.05) is 84.6 Å². The Balaban J connectivity index is 0.000000271. The molecule has 3 aliphatic heterocycles. The van der Waals surface area contributed by atoms with E-state index in [1.165, 1.54) is 6.20 Å². The van der Waals surface area contributed by atoms with Gasteiger partial charge in [0.2, 0.25) is 11.2 Å². The molecule has 5 rings (SSSR count). The highest BCUT2D eigenvalue weighted by Crippen LogP contribution is 2.25. The van der Waals surface area contributed by atoms with Crippen molar-refractivity contribution in [2.75, 3.05) is 107 Å². The molecular weight excluding hydrogens is 511 g/mol. The minimum Gasteiger partial charge on any atom is -0.354 e. The van der Waals surface area contributed by atoms with E-state index in [0.29, 0.717) is 5.02 Å². The number of piperazine rings is 3. The largest absolute Gasteiger partial charge is 0.354 e. The molecule has 3 fully saturated rings. The molecule has 1 N–H and O–H groups in total. The van der Waals surface area contributed by atoms with E-state index in [1.807, 2.05) is 0 Å². The Morgan fingerprint density at radius 1 is 0.686 bits per heavy atom. The van der Waals surface area contributed by atoms with Crippen molar-refractivity contribution in [2.45, 2.75) is 0 Å². The second-order valence-electron chi connectivity index (χ2n) is 8.98. The highest BCUT2D eigenvalue weighted by Gasteiger charge is 2.23. The second kappa shape index (κ2) is 12.5. The normalized spacial score (nSPS) is 20.0. The SMILES string of the molecule is CN1CCN(c2cc(N3CCNCC3)nc(N3CCN(C)CC3)n2)CC1.Clc1ncc(Cl)c(Cl)n1. The molecule has 0 aliphatic carbocycles. The molecule has 35 heavy (non-hydrogen) atoms. The first-order valence-corrected chi connectivity index (χ1v) is 13.1. The van der Waals surface area contributed by atoms with Gasteiger partial charge in [-0.25, -0.2) is 9.97 Å². The maximum atomic E-state index is 5.47. The fourth-order valence-electron chi connectivity index (χ4n) is 4.14. The molecule has 3 aliphatic rings. The Morgan fingerprint density at radius 3 is 1.71 bits per heavy atom. The molecule has 0 saturated carbocycles. The molecule has 192 valence electrons. The van der Waals surface area contributed by atoms with Crippen LogP contribution in [0.4, 0.5) is 17.6 Å². The average molecular weight is 544 g/mol. The maximum Gasteiger partial charge on any atom is 0.229 e. The monoisotopic (exact) mass is 542 g/mol. The van der Waals surface area contributed by atoms with E-state index in [9.17, 15) is 0 Å². The topological polar surface area (TPSA) is 79.8 Å². The Labute approximate surface area is 222 Å². The predicted molar refractivity (Wildman–Crippen MR) is 144 cm³/mol. The minimum atomic E-state index is 0.101. The molecule has 0 radical (unpaired) electrons. The third kappa shape index (κ3) is 7.41. The number of nitrogens with one attached hydrogen (secondary N) is 1. The van der Waals surface area contributed by atoms with Gasteiger partial charge in [0.05, 0.1) is 11.2 Å². The standard InChI is InChI=1S/C18H32N8.C4HCl3N2/c1-22-7-11-25(12-8-22)17-15-16(24-5-3-19-4-6-24)20-18(21-17)26-13-9-23(2)10-14-26;5-2-1-8-4(7)9-3(2)6/h15,19H,3-14H2,1-2H3;1H. The van der Waals surface area contributed by atoms with Gasteiger partial charge >= 0.3 is 0 Å². The van der Waals surface area contributed by atoms with E-state index in [1.54, 1.807) is 0 Å². The molecular formula is C22H33Cl3N10. The number of halogens is 3. The molecule has 0 bridgehead atoms. The van der Waals surface area contributed by atoms with Gasteiger partial charge in [-0.1, -0.05) is 23.2 Å². The summed E-state index contributed by atoms with van der Waals surface area (Å²) >= 11 is 16.3. The third-order valence-corrected chi connectivity index (χ3v) is 7.26. The molecule has 0 spiro atoms. The number of rotatable bonds is 3. The summed E-state index contributed by atoms with van der Waals surface area (Å²) in [7, 11) is 4.38. The van der Waals surface area contributed by atoms with Crippen LogP contribution in [0.2, 0.25) is 15.5 Å². The molecule has 3 saturated heterocycles. The van der Waals surface area contributed by atoms with E-state index < -0.39 is 0 Å². The zero-order valence-corrected chi connectivity index (χ0v) is 22.6. The highest BCUT2D eigenvalue weighted by atomic mass is 35.5. The molecule has 0 amide bonds. The minimum absolute atomic E-state index is 0.101. The van der Waals surface area contributed by atoms with Crippen LogP contribution in [0.3, 0.4) is 0 Å². The molecule has 2 aromatic rings. The smallest absolute Gasteiger partial charge is 0.229 e. The Morgan fingerprint density at radius 2 is 1.20 bits per heavy atom. The molecule has 0 atom stereocenters. The van der Waals surface area contributed by atoms with Crippen molar-refractivity contribution in [1.29, 1.82) is 0 Å². The van der Waals surface area contributed by atoms with Gasteiger partial charge in [0.15, 0.2) is 5.15 Å². The van der Waals surface area contributed by atoms with E-state index >= 15 is 0 Å². The second-order valence-corrected chi connectivity index (χ2v) is 10.1. The van der Waals surface area contributed by atoms with Crippen LogP contribution in [0, 0.1) is 0 Å². The van der Waals surface area contributed by atoms with Crippen LogP contribution < -0.4 is 20.0 Å². The Bertz CT molecular complexity index is 918. The first-order chi connectivity index (χ1) is 16.9. The average Bonchev–Trinajstić information content (AvgIpc) is 2.88. The summed E-state index contributed by atoms with van der Waals surface area (Å²) in [5, 5.41) is 4.02. The van der Waals surface area contributed by atoms with Crippen molar-refractivity contribution in [3.05, 3.63) is 27.7 Å². The summed E-state index contributed by atoms with van der Waals surface area (Å²) in [6, 6.07) is 2.20. The van der Waals surface area contributed by atoms with Crippen LogP contribution in [0.25, 0.3) is 0 Å². The lowest BCUT2D eigenvalue weighted by atomic mass is 10.3. The number of likely N-dealkylation sites (N-methyl/N-ethyl adjacent to an activating group) is 2. The molecule has 0 aromatic carbocycles. The quantitative estimate of drug-likeness (QED) is 0.457. The van der Waals surface area contributed by atoms with Gasteiger partial charge in [0.25, 0.3) is 0 Å². The van der Waals surface area contributed by atoms with Gasteiger partial charge < -0.3 is 29.8 Å². The first-order valence-electron chi connectivity index (χ1n) is 11.9. The van der Waals surface area contributed by atoms with Gasteiger partial charge in [0.1, 0.15) is 11.6 Å². The summed E-state index contributed by atoms with van der Waals surface area (Å²) in [4.78, 5) is 29.0. The molecule has 13 heteroatoms. The van der Waals surface area contributed by atoms with Gasteiger partial charge in [-0.2, -0.15) is 9.97 Å². The van der Waals surface area contributed by atoms with E-state index in [-0.39, 0.29) is 10.4 Å². The molecule has 0 unspecified atom stereocenters. The van der Waals surface area contributed by atoms with Crippen LogP contribution >= 0.6 is 34.8 Å². The van der Waals surface area contributed by atoms with E-state index in [4.69, 9.17) is 44.8 Å². The molecule has 5 heterocycles. The fourth-order valence-corrected chi connectivity index (χ4v) is 4.53.